The maximum absolute atomic E-state index is 12.8. The number of halogens is 1. The standard InChI is InChI=1S/C18H18ClN3O4/c1-10-7-14(11(2)26-10)18(3)16(24)22(17(25)21-18)9-15(23)20-13-6-4-5-12(19)8-13/h4-8H,9H2,1-3H3,(H,20,23)(H,21,25). The van der Waals surface area contributed by atoms with Crippen molar-refractivity contribution in [3.63, 3.8) is 0 Å². The summed E-state index contributed by atoms with van der Waals surface area (Å²) in [4.78, 5) is 38.3. The molecule has 1 aliphatic heterocycles. The highest BCUT2D eigenvalue weighted by atomic mass is 35.5. The Kier molecular flexibility index (Phi) is 4.50. The van der Waals surface area contributed by atoms with Gasteiger partial charge in [0, 0.05) is 16.3 Å². The van der Waals surface area contributed by atoms with Crippen molar-refractivity contribution in [2.75, 3.05) is 11.9 Å². The molecule has 8 heteroatoms. The fourth-order valence-corrected chi connectivity index (χ4v) is 3.25. The number of nitrogens with one attached hydrogen (secondary N) is 2. The molecule has 1 saturated heterocycles. The van der Waals surface area contributed by atoms with Gasteiger partial charge in [-0.15, -0.1) is 0 Å². The number of aryl methyl sites for hydroxylation is 2. The van der Waals surface area contributed by atoms with Crippen molar-refractivity contribution in [1.82, 2.24) is 10.2 Å². The highest BCUT2D eigenvalue weighted by Crippen LogP contribution is 2.32. The Hall–Kier alpha value is -2.80. The molecule has 1 fully saturated rings. The van der Waals surface area contributed by atoms with E-state index in [0.717, 1.165) is 4.90 Å². The van der Waals surface area contributed by atoms with E-state index in [1.807, 2.05) is 0 Å². The number of furan rings is 1. The minimum absolute atomic E-state index is 0.400. The third-order valence-electron chi connectivity index (χ3n) is 4.26. The zero-order chi connectivity index (χ0) is 19.1. The van der Waals surface area contributed by atoms with Crippen molar-refractivity contribution in [2.45, 2.75) is 26.3 Å². The van der Waals surface area contributed by atoms with Crippen LogP contribution >= 0.6 is 11.6 Å². The molecule has 4 amide bonds. The quantitative estimate of drug-likeness (QED) is 0.803. The van der Waals surface area contributed by atoms with E-state index in [2.05, 4.69) is 10.6 Å². The van der Waals surface area contributed by atoms with Crippen LogP contribution in [0.15, 0.2) is 34.7 Å². The fraction of sp³-hybridized carbons (Fsp3) is 0.278. The zero-order valence-corrected chi connectivity index (χ0v) is 15.3. The first-order valence-electron chi connectivity index (χ1n) is 7.98. The van der Waals surface area contributed by atoms with E-state index >= 15 is 0 Å². The molecule has 0 aliphatic carbocycles. The number of hydrogen-bond donors (Lipinski definition) is 2. The van der Waals surface area contributed by atoms with Gasteiger partial charge in [-0.2, -0.15) is 0 Å². The van der Waals surface area contributed by atoms with Crippen LogP contribution in [0.2, 0.25) is 5.02 Å². The molecule has 3 rings (SSSR count). The van der Waals surface area contributed by atoms with Crippen LogP contribution in [0, 0.1) is 13.8 Å². The minimum atomic E-state index is -1.27. The molecule has 7 nitrogen and oxygen atoms in total. The Morgan fingerprint density at radius 1 is 1.31 bits per heavy atom. The summed E-state index contributed by atoms with van der Waals surface area (Å²) < 4.78 is 5.47. The van der Waals surface area contributed by atoms with Gasteiger partial charge in [0.1, 0.15) is 23.6 Å². The smallest absolute Gasteiger partial charge is 0.325 e. The van der Waals surface area contributed by atoms with Crippen LogP contribution in [0.1, 0.15) is 24.0 Å². The van der Waals surface area contributed by atoms with Gasteiger partial charge in [0.2, 0.25) is 5.91 Å². The van der Waals surface area contributed by atoms with Gasteiger partial charge in [0.25, 0.3) is 5.91 Å². The molecule has 2 heterocycles. The predicted molar refractivity (Wildman–Crippen MR) is 95.9 cm³/mol. The lowest BCUT2D eigenvalue weighted by Crippen LogP contribution is -2.42. The number of urea groups is 1. The first kappa shape index (κ1) is 18.0. The van der Waals surface area contributed by atoms with Crippen LogP contribution in [0.3, 0.4) is 0 Å². The number of carbonyl (C=O) groups is 3. The summed E-state index contributed by atoms with van der Waals surface area (Å²) in [5.74, 6) is 0.176. The molecule has 0 bridgehead atoms. The number of imide groups is 1. The molecule has 1 unspecified atom stereocenters. The van der Waals surface area contributed by atoms with E-state index in [0.29, 0.717) is 27.8 Å². The Balaban J connectivity index is 1.77. The van der Waals surface area contributed by atoms with Crippen LogP contribution in [0.4, 0.5) is 10.5 Å². The van der Waals surface area contributed by atoms with Crippen molar-refractivity contribution in [1.29, 1.82) is 0 Å². The summed E-state index contributed by atoms with van der Waals surface area (Å²) in [5.41, 5.74) is -0.209. The molecule has 0 radical (unpaired) electrons. The van der Waals surface area contributed by atoms with Gasteiger partial charge < -0.3 is 15.1 Å². The lowest BCUT2D eigenvalue weighted by Gasteiger charge is -2.21. The summed E-state index contributed by atoms with van der Waals surface area (Å²) in [6.45, 7) is 4.68. The number of anilines is 1. The maximum Gasteiger partial charge on any atom is 0.325 e. The molecular formula is C18H18ClN3O4. The van der Waals surface area contributed by atoms with E-state index in [9.17, 15) is 14.4 Å². The SMILES string of the molecule is Cc1cc(C2(C)NC(=O)N(CC(=O)Nc3cccc(Cl)c3)C2=O)c(C)o1. The summed E-state index contributed by atoms with van der Waals surface area (Å²) >= 11 is 5.88. The second kappa shape index (κ2) is 6.49. The van der Waals surface area contributed by atoms with Crippen molar-refractivity contribution < 1.29 is 18.8 Å². The predicted octanol–water partition coefficient (Wildman–Crippen LogP) is 2.96. The summed E-state index contributed by atoms with van der Waals surface area (Å²) in [6, 6.07) is 7.69. The van der Waals surface area contributed by atoms with Crippen molar-refractivity contribution in [3.8, 4) is 0 Å². The van der Waals surface area contributed by atoms with Gasteiger partial charge in [-0.3, -0.25) is 14.5 Å². The zero-order valence-electron chi connectivity index (χ0n) is 14.6. The van der Waals surface area contributed by atoms with Crippen LogP contribution in [-0.4, -0.2) is 29.3 Å². The minimum Gasteiger partial charge on any atom is -0.466 e. The van der Waals surface area contributed by atoms with Gasteiger partial charge >= 0.3 is 6.03 Å². The molecule has 1 aliphatic rings. The second-order valence-corrected chi connectivity index (χ2v) is 6.77. The number of carbonyl (C=O) groups excluding carboxylic acids is 3. The Labute approximate surface area is 155 Å². The van der Waals surface area contributed by atoms with E-state index in [1.54, 1.807) is 51.1 Å². The molecule has 26 heavy (non-hydrogen) atoms. The molecule has 1 aromatic carbocycles. The molecule has 1 aromatic heterocycles. The van der Waals surface area contributed by atoms with Crippen molar-refractivity contribution in [2.24, 2.45) is 0 Å². The van der Waals surface area contributed by atoms with Crippen LogP contribution in [-0.2, 0) is 15.1 Å². The highest BCUT2D eigenvalue weighted by molar-refractivity contribution is 6.30. The summed E-state index contributed by atoms with van der Waals surface area (Å²) in [5, 5.41) is 5.74. The van der Waals surface area contributed by atoms with E-state index in [-0.39, 0.29) is 0 Å². The third kappa shape index (κ3) is 3.17. The molecular weight excluding hydrogens is 358 g/mol. The van der Waals surface area contributed by atoms with E-state index < -0.39 is 29.9 Å². The highest BCUT2D eigenvalue weighted by Gasteiger charge is 2.51. The van der Waals surface area contributed by atoms with E-state index in [1.165, 1.54) is 0 Å². The second-order valence-electron chi connectivity index (χ2n) is 6.33. The van der Waals surface area contributed by atoms with Crippen LogP contribution in [0.5, 0.6) is 0 Å². The molecule has 0 spiro atoms. The maximum atomic E-state index is 12.8. The fourth-order valence-electron chi connectivity index (χ4n) is 3.06. The lowest BCUT2D eigenvalue weighted by atomic mass is 9.92. The van der Waals surface area contributed by atoms with Crippen molar-refractivity contribution in [3.05, 3.63) is 52.4 Å². The Morgan fingerprint density at radius 2 is 2.04 bits per heavy atom. The lowest BCUT2D eigenvalue weighted by molar-refractivity contribution is -0.133. The van der Waals surface area contributed by atoms with Gasteiger partial charge in [0.05, 0.1) is 0 Å². The summed E-state index contributed by atoms with van der Waals surface area (Å²) in [6.07, 6.45) is 0. The first-order chi connectivity index (χ1) is 12.2. The van der Waals surface area contributed by atoms with Gasteiger partial charge in [-0.05, 0) is 45.0 Å². The molecule has 136 valence electrons. The molecule has 2 aromatic rings. The van der Waals surface area contributed by atoms with Crippen molar-refractivity contribution >= 4 is 35.1 Å². The van der Waals surface area contributed by atoms with Crippen LogP contribution < -0.4 is 10.6 Å². The van der Waals surface area contributed by atoms with Crippen LogP contribution in [0.25, 0.3) is 0 Å². The normalized spacial score (nSPS) is 19.6. The molecule has 2 N–H and O–H groups in total. The van der Waals surface area contributed by atoms with Gasteiger partial charge in [-0.1, -0.05) is 17.7 Å². The Morgan fingerprint density at radius 3 is 2.65 bits per heavy atom. The number of benzene rings is 1. The number of amides is 4. The molecule has 1 atom stereocenters. The topological polar surface area (TPSA) is 91.7 Å². The Bertz CT molecular complexity index is 908. The van der Waals surface area contributed by atoms with E-state index in [4.69, 9.17) is 16.0 Å². The number of nitrogens with zero attached hydrogens (tertiary/aromatic N) is 1. The average molecular weight is 376 g/mol. The first-order valence-corrected chi connectivity index (χ1v) is 8.35. The number of rotatable bonds is 4. The average Bonchev–Trinajstić information content (AvgIpc) is 2.99. The monoisotopic (exact) mass is 375 g/mol. The van der Waals surface area contributed by atoms with Gasteiger partial charge in [0.15, 0.2) is 0 Å². The van der Waals surface area contributed by atoms with Gasteiger partial charge in [-0.25, -0.2) is 4.79 Å². The number of hydrogen-bond acceptors (Lipinski definition) is 4. The third-order valence-corrected chi connectivity index (χ3v) is 4.50. The largest absolute Gasteiger partial charge is 0.466 e. The molecule has 0 saturated carbocycles. The summed E-state index contributed by atoms with van der Waals surface area (Å²) in [7, 11) is 0.